The van der Waals surface area contributed by atoms with E-state index in [1.54, 1.807) is 19.0 Å². The van der Waals surface area contributed by atoms with Crippen molar-refractivity contribution in [2.45, 2.75) is 38.3 Å². The summed E-state index contributed by atoms with van der Waals surface area (Å²) in [6, 6.07) is 17.2. The van der Waals surface area contributed by atoms with Crippen LogP contribution in [0.25, 0.3) is 0 Å². The van der Waals surface area contributed by atoms with Gasteiger partial charge < -0.3 is 25.2 Å². The molecule has 8 heteroatoms. The van der Waals surface area contributed by atoms with Crippen LogP contribution in [0.4, 0.5) is 5.69 Å². The summed E-state index contributed by atoms with van der Waals surface area (Å²) < 4.78 is 5.82. The number of para-hydroxylation sites is 1. The van der Waals surface area contributed by atoms with E-state index in [0.717, 1.165) is 43.7 Å². The van der Waals surface area contributed by atoms with E-state index in [9.17, 15) is 4.79 Å². The van der Waals surface area contributed by atoms with Crippen molar-refractivity contribution in [2.24, 2.45) is 4.99 Å². The Morgan fingerprint density at radius 2 is 1.88 bits per heavy atom. The lowest BCUT2D eigenvalue weighted by molar-refractivity contribution is -0.127. The van der Waals surface area contributed by atoms with Gasteiger partial charge in [-0.25, -0.2) is 4.99 Å². The van der Waals surface area contributed by atoms with Gasteiger partial charge in [0.25, 0.3) is 0 Å². The molecule has 184 valence electrons. The molecular formula is C26H36IN5O2. The molecule has 0 aromatic heterocycles. The average Bonchev–Trinajstić information content (AvgIpc) is 2.83. The molecule has 2 aromatic rings. The Bertz CT molecular complexity index is 979. The van der Waals surface area contributed by atoms with Crippen molar-refractivity contribution in [2.75, 3.05) is 45.2 Å². The number of likely N-dealkylation sites (N-methyl/N-ethyl adjacent to an activating group) is 1. The molecule has 1 amide bonds. The summed E-state index contributed by atoms with van der Waals surface area (Å²) in [6.45, 7) is 4.83. The first-order chi connectivity index (χ1) is 16.0. The number of aliphatic imine (C=N–C) groups is 1. The van der Waals surface area contributed by atoms with Gasteiger partial charge >= 0.3 is 0 Å². The van der Waals surface area contributed by atoms with Gasteiger partial charge in [-0.3, -0.25) is 4.79 Å². The highest BCUT2D eigenvalue weighted by Crippen LogP contribution is 2.31. The van der Waals surface area contributed by atoms with Crippen LogP contribution in [0.2, 0.25) is 0 Å². The average molecular weight is 578 g/mol. The quantitative estimate of drug-likeness (QED) is 0.322. The number of amides is 1. The van der Waals surface area contributed by atoms with Gasteiger partial charge in [0, 0.05) is 50.9 Å². The largest absolute Gasteiger partial charge is 0.493 e. The van der Waals surface area contributed by atoms with Crippen LogP contribution >= 0.6 is 24.0 Å². The smallest absolute Gasteiger partial charge is 0.243 e. The number of nitrogens with zero attached hydrogens (tertiary/aromatic N) is 3. The lowest BCUT2D eigenvalue weighted by Crippen LogP contribution is -2.52. The van der Waals surface area contributed by atoms with E-state index in [1.165, 1.54) is 11.3 Å². The van der Waals surface area contributed by atoms with Gasteiger partial charge in [0.1, 0.15) is 12.3 Å². The number of aryl methyl sites for hydroxylation is 1. The van der Waals surface area contributed by atoms with Gasteiger partial charge in [-0.1, -0.05) is 35.9 Å². The van der Waals surface area contributed by atoms with Gasteiger partial charge in [-0.15, -0.1) is 24.0 Å². The van der Waals surface area contributed by atoms with E-state index in [2.05, 4.69) is 57.8 Å². The number of benzene rings is 2. The minimum atomic E-state index is -0.0200. The van der Waals surface area contributed by atoms with Crippen molar-refractivity contribution in [1.29, 1.82) is 0 Å². The summed E-state index contributed by atoms with van der Waals surface area (Å²) in [5.74, 6) is 1.57. The molecule has 2 unspecified atom stereocenters. The summed E-state index contributed by atoms with van der Waals surface area (Å²) in [5.41, 5.74) is 3.65. The van der Waals surface area contributed by atoms with Crippen molar-refractivity contribution in [3.63, 3.8) is 0 Å². The second kappa shape index (κ2) is 12.3. The Labute approximate surface area is 220 Å². The number of nitrogens with one attached hydrogen (secondary N) is 2. The number of anilines is 1. The third-order valence-electron chi connectivity index (χ3n) is 6.30. The normalized spacial score (nSPS) is 19.9. The van der Waals surface area contributed by atoms with E-state index in [-0.39, 0.29) is 48.5 Å². The Hall–Kier alpha value is -2.49. The van der Waals surface area contributed by atoms with Crippen LogP contribution < -0.4 is 20.3 Å². The van der Waals surface area contributed by atoms with Crippen molar-refractivity contribution in [3.8, 4) is 5.75 Å². The zero-order valence-corrected chi connectivity index (χ0v) is 22.6. The van der Waals surface area contributed by atoms with Crippen LogP contribution in [-0.4, -0.2) is 63.1 Å². The van der Waals surface area contributed by atoms with Crippen molar-refractivity contribution in [1.82, 2.24) is 15.5 Å². The third-order valence-corrected chi connectivity index (χ3v) is 6.30. The first kappa shape index (κ1) is 26.1. The number of guanidine groups is 1. The molecule has 2 aromatic carbocycles. The van der Waals surface area contributed by atoms with Gasteiger partial charge in [0.2, 0.25) is 5.91 Å². The molecule has 0 saturated carbocycles. The van der Waals surface area contributed by atoms with Gasteiger partial charge in [0.15, 0.2) is 5.96 Å². The van der Waals surface area contributed by atoms with E-state index in [4.69, 9.17) is 4.74 Å². The maximum atomic E-state index is 12.2. The molecule has 1 fully saturated rings. The molecule has 1 saturated heterocycles. The molecule has 0 aliphatic carbocycles. The maximum absolute atomic E-state index is 12.2. The van der Waals surface area contributed by atoms with Gasteiger partial charge in [0.05, 0.1) is 12.6 Å². The molecule has 2 heterocycles. The molecule has 7 nitrogen and oxygen atoms in total. The first-order valence-electron chi connectivity index (χ1n) is 11.8. The summed E-state index contributed by atoms with van der Waals surface area (Å²) in [5, 5.41) is 7.21. The van der Waals surface area contributed by atoms with Crippen LogP contribution in [-0.2, 0) is 4.79 Å². The fourth-order valence-corrected chi connectivity index (χ4v) is 4.36. The number of hydrogen-bond acceptors (Lipinski definition) is 4. The van der Waals surface area contributed by atoms with Crippen molar-refractivity contribution < 1.29 is 9.53 Å². The van der Waals surface area contributed by atoms with Crippen LogP contribution in [0, 0.1) is 6.92 Å². The standard InChI is InChI=1S/C26H35N5O2.HI/c1-19-10-12-21(13-11-19)31-15-6-7-20(18-31)28-26(27-17-25(32)30(2)3)29-23-14-16-33-24-9-5-4-8-22(23)24;/h4-5,8-13,20,23H,6-7,14-18H2,1-3H3,(H2,27,28,29);1H. The van der Waals surface area contributed by atoms with E-state index < -0.39 is 0 Å². The number of piperidine rings is 1. The molecule has 2 aliphatic heterocycles. The summed E-state index contributed by atoms with van der Waals surface area (Å²) in [6.07, 6.45) is 3.02. The Balaban J connectivity index is 0.00000324. The predicted octanol–water partition coefficient (Wildman–Crippen LogP) is 3.73. The van der Waals surface area contributed by atoms with Crippen LogP contribution in [0.3, 0.4) is 0 Å². The Morgan fingerprint density at radius 1 is 1.12 bits per heavy atom. The minimum Gasteiger partial charge on any atom is -0.493 e. The van der Waals surface area contributed by atoms with Gasteiger partial charge in [-0.05, 0) is 38.0 Å². The first-order valence-corrected chi connectivity index (χ1v) is 11.8. The number of hydrogen-bond donors (Lipinski definition) is 2. The fourth-order valence-electron chi connectivity index (χ4n) is 4.36. The molecule has 0 bridgehead atoms. The number of rotatable bonds is 5. The molecule has 2 N–H and O–H groups in total. The SMILES string of the molecule is Cc1ccc(N2CCCC(NC(=NCC(=O)N(C)C)NC3CCOc4ccccc43)C2)cc1.I. The molecule has 0 radical (unpaired) electrons. The van der Waals surface area contributed by atoms with E-state index >= 15 is 0 Å². The highest BCUT2D eigenvalue weighted by molar-refractivity contribution is 14.0. The molecule has 2 aliphatic rings. The second-order valence-electron chi connectivity index (χ2n) is 9.09. The van der Waals surface area contributed by atoms with Crippen LogP contribution in [0.5, 0.6) is 5.75 Å². The van der Waals surface area contributed by atoms with Crippen LogP contribution in [0.15, 0.2) is 53.5 Å². The number of ether oxygens (including phenoxy) is 1. The highest BCUT2D eigenvalue weighted by Gasteiger charge is 2.25. The van der Waals surface area contributed by atoms with Crippen molar-refractivity contribution in [3.05, 3.63) is 59.7 Å². The lowest BCUT2D eigenvalue weighted by Gasteiger charge is -2.36. The highest BCUT2D eigenvalue weighted by atomic mass is 127. The zero-order valence-electron chi connectivity index (χ0n) is 20.3. The number of carbonyl (C=O) groups excluding carboxylic acids is 1. The molecule has 0 spiro atoms. The topological polar surface area (TPSA) is 69.2 Å². The summed E-state index contributed by atoms with van der Waals surface area (Å²) in [7, 11) is 3.52. The Morgan fingerprint density at radius 3 is 2.65 bits per heavy atom. The Kier molecular flexibility index (Phi) is 9.44. The fraction of sp³-hybridized carbons (Fsp3) is 0.462. The molecule has 34 heavy (non-hydrogen) atoms. The number of halogens is 1. The third kappa shape index (κ3) is 6.77. The van der Waals surface area contributed by atoms with Crippen LogP contribution in [0.1, 0.15) is 36.4 Å². The van der Waals surface area contributed by atoms with Gasteiger partial charge in [-0.2, -0.15) is 0 Å². The minimum absolute atomic E-state index is 0. The zero-order chi connectivity index (χ0) is 23.2. The lowest BCUT2D eigenvalue weighted by atomic mass is 10.0. The molecule has 2 atom stereocenters. The monoisotopic (exact) mass is 577 g/mol. The number of carbonyl (C=O) groups is 1. The maximum Gasteiger partial charge on any atom is 0.243 e. The molecule has 4 rings (SSSR count). The number of fused-ring (bicyclic) bond motifs is 1. The van der Waals surface area contributed by atoms with Crippen molar-refractivity contribution >= 4 is 41.5 Å². The molecular weight excluding hydrogens is 541 g/mol. The van der Waals surface area contributed by atoms with E-state index in [1.807, 2.05) is 18.2 Å². The van der Waals surface area contributed by atoms with E-state index in [0.29, 0.717) is 12.6 Å². The summed E-state index contributed by atoms with van der Waals surface area (Å²) >= 11 is 0. The predicted molar refractivity (Wildman–Crippen MR) is 148 cm³/mol. The summed E-state index contributed by atoms with van der Waals surface area (Å²) in [4.78, 5) is 20.9. The second-order valence-corrected chi connectivity index (χ2v) is 9.09.